The van der Waals surface area contributed by atoms with Gasteiger partial charge < -0.3 is 14.2 Å². The van der Waals surface area contributed by atoms with Crippen LogP contribution in [0, 0.1) is 0 Å². The van der Waals surface area contributed by atoms with Gasteiger partial charge >= 0.3 is 17.9 Å². The summed E-state index contributed by atoms with van der Waals surface area (Å²) in [6, 6.07) is 0. The Kier molecular flexibility index (Phi) is 63.3. The van der Waals surface area contributed by atoms with Gasteiger partial charge in [-0.1, -0.05) is 270 Å². The summed E-state index contributed by atoms with van der Waals surface area (Å²) in [4.78, 5) is 38.2. The minimum absolute atomic E-state index is 0.0904. The highest BCUT2D eigenvalue weighted by atomic mass is 16.6. The lowest BCUT2D eigenvalue weighted by Gasteiger charge is -2.18. The van der Waals surface area contributed by atoms with Crippen molar-refractivity contribution in [3.8, 4) is 0 Å². The van der Waals surface area contributed by atoms with E-state index in [9.17, 15) is 14.4 Å². The predicted molar refractivity (Wildman–Crippen MR) is 348 cm³/mol. The minimum atomic E-state index is -0.794. The van der Waals surface area contributed by atoms with Crippen LogP contribution in [-0.2, 0) is 28.6 Å². The SMILES string of the molecule is CC/C=C\C/C=C\C/C=C\C/C=C\C/C=C\C/C=C\C/C=C\C/C=C\C/C=C\CCCCCCCCCC(=O)OCC(COC(=O)CCCCCCC/C=C\CCCCCC)OC(=O)CCCCCCC/C=C\CCCCCCC. The molecule has 6 nitrogen and oxygen atoms in total. The van der Waals surface area contributed by atoms with Crippen molar-refractivity contribution >= 4 is 17.9 Å². The van der Waals surface area contributed by atoms with Gasteiger partial charge in [0.05, 0.1) is 0 Å². The van der Waals surface area contributed by atoms with Gasteiger partial charge in [0.2, 0.25) is 0 Å². The van der Waals surface area contributed by atoms with E-state index in [1.54, 1.807) is 0 Å². The fourth-order valence-corrected chi connectivity index (χ4v) is 8.89. The normalized spacial score (nSPS) is 13.0. The Morgan fingerprint density at radius 1 is 0.263 bits per heavy atom. The molecule has 80 heavy (non-hydrogen) atoms. The lowest BCUT2D eigenvalue weighted by Crippen LogP contribution is -2.30. The van der Waals surface area contributed by atoms with E-state index in [0.29, 0.717) is 19.3 Å². The molecule has 0 heterocycles. The zero-order valence-corrected chi connectivity index (χ0v) is 52.0. The van der Waals surface area contributed by atoms with E-state index < -0.39 is 6.10 Å². The summed E-state index contributed by atoms with van der Waals surface area (Å²) in [5.74, 6) is -0.916. The summed E-state index contributed by atoms with van der Waals surface area (Å²) in [6.07, 6.45) is 94.6. The van der Waals surface area contributed by atoms with Crippen molar-refractivity contribution in [1.82, 2.24) is 0 Å². The van der Waals surface area contributed by atoms with Crippen LogP contribution in [-0.4, -0.2) is 37.2 Å². The van der Waals surface area contributed by atoms with E-state index in [-0.39, 0.29) is 31.1 Å². The van der Waals surface area contributed by atoms with Crippen molar-refractivity contribution in [2.45, 2.75) is 303 Å². The second-order valence-corrected chi connectivity index (χ2v) is 21.6. The molecule has 454 valence electrons. The number of carbonyl (C=O) groups is 3. The maximum absolute atomic E-state index is 12.9. The average Bonchev–Trinajstić information content (AvgIpc) is 3.46. The second-order valence-electron chi connectivity index (χ2n) is 21.6. The Hall–Kier alpha value is -4.45. The largest absolute Gasteiger partial charge is 0.462 e. The molecule has 0 bridgehead atoms. The molecule has 0 saturated heterocycles. The van der Waals surface area contributed by atoms with Gasteiger partial charge in [0.1, 0.15) is 13.2 Å². The molecule has 0 fully saturated rings. The van der Waals surface area contributed by atoms with Crippen molar-refractivity contribution in [2.24, 2.45) is 0 Å². The number of esters is 3. The molecule has 0 aliphatic carbocycles. The summed E-state index contributed by atoms with van der Waals surface area (Å²) in [5, 5.41) is 0. The van der Waals surface area contributed by atoms with Gasteiger partial charge in [0.25, 0.3) is 0 Å². The standard InChI is InChI=1S/C74H122O6/c1-4-7-10-13-16-19-22-25-27-28-29-30-31-32-33-34-35-36-37-38-39-40-41-42-43-44-45-46-47-50-52-55-58-61-64-67-73(76)79-70-71(69-78-72(75)66-63-60-57-54-51-48-24-21-18-15-12-9-6-3)80-74(77)68-65-62-59-56-53-49-26-23-20-17-14-11-8-5-2/h7,10,16,19,21,23-27,29-30,32-33,35-36,38-39,41-42,44-45,71H,4-6,8-9,11-15,17-18,20,22,28,31,34,37,40,43,46-70H2,1-3H3/b10-7-,19-16-,24-21-,26-23-,27-25-,30-29-,33-32-,36-35-,39-38-,42-41-,45-44-. The zero-order chi connectivity index (χ0) is 57.8. The van der Waals surface area contributed by atoms with Crippen molar-refractivity contribution in [1.29, 1.82) is 0 Å². The summed E-state index contributed by atoms with van der Waals surface area (Å²) in [5.41, 5.74) is 0. The maximum Gasteiger partial charge on any atom is 0.306 e. The summed E-state index contributed by atoms with van der Waals surface area (Å²) in [7, 11) is 0. The molecule has 6 heteroatoms. The molecule has 0 saturated carbocycles. The average molecular weight is 1110 g/mol. The molecule has 0 aliphatic rings. The predicted octanol–water partition coefficient (Wildman–Crippen LogP) is 22.9. The molecule has 0 aromatic rings. The van der Waals surface area contributed by atoms with Gasteiger partial charge in [-0.3, -0.25) is 14.4 Å². The number of carbonyl (C=O) groups excluding carboxylic acids is 3. The monoisotopic (exact) mass is 1110 g/mol. The first kappa shape index (κ1) is 75.5. The molecule has 0 radical (unpaired) electrons. The number of allylic oxidation sites excluding steroid dienone is 22. The first-order valence-corrected chi connectivity index (χ1v) is 33.2. The Morgan fingerprint density at radius 2 is 0.487 bits per heavy atom. The highest BCUT2D eigenvalue weighted by Gasteiger charge is 2.19. The van der Waals surface area contributed by atoms with Crippen molar-refractivity contribution in [3.63, 3.8) is 0 Å². The minimum Gasteiger partial charge on any atom is -0.462 e. The lowest BCUT2D eigenvalue weighted by molar-refractivity contribution is -0.167. The van der Waals surface area contributed by atoms with Crippen molar-refractivity contribution < 1.29 is 28.6 Å². The van der Waals surface area contributed by atoms with E-state index >= 15 is 0 Å². The molecule has 0 N–H and O–H groups in total. The molecule has 0 amide bonds. The van der Waals surface area contributed by atoms with Gasteiger partial charge in [0.15, 0.2) is 6.10 Å². The molecule has 0 aromatic heterocycles. The number of hydrogen-bond acceptors (Lipinski definition) is 6. The van der Waals surface area contributed by atoms with E-state index in [1.807, 2.05) is 0 Å². The van der Waals surface area contributed by atoms with Crippen LogP contribution in [0.3, 0.4) is 0 Å². The Morgan fingerprint density at radius 3 is 0.787 bits per heavy atom. The molecule has 0 rings (SSSR count). The van der Waals surface area contributed by atoms with Gasteiger partial charge in [-0.2, -0.15) is 0 Å². The molecule has 0 aromatic carbocycles. The van der Waals surface area contributed by atoms with E-state index in [0.717, 1.165) is 141 Å². The maximum atomic E-state index is 12.9. The van der Waals surface area contributed by atoms with Crippen LogP contribution >= 0.6 is 0 Å². The first-order chi connectivity index (χ1) is 39.5. The number of unbranched alkanes of at least 4 members (excludes halogenated alkanes) is 26. The van der Waals surface area contributed by atoms with Gasteiger partial charge in [0, 0.05) is 19.3 Å². The van der Waals surface area contributed by atoms with Crippen LogP contribution in [0.4, 0.5) is 0 Å². The zero-order valence-electron chi connectivity index (χ0n) is 52.0. The topological polar surface area (TPSA) is 78.9 Å². The van der Waals surface area contributed by atoms with Crippen LogP contribution < -0.4 is 0 Å². The fraction of sp³-hybridized carbons (Fsp3) is 0.662. The molecule has 0 spiro atoms. The van der Waals surface area contributed by atoms with E-state index in [1.165, 1.54) is 116 Å². The molecular formula is C74H122O6. The summed E-state index contributed by atoms with van der Waals surface area (Å²) < 4.78 is 16.9. The highest BCUT2D eigenvalue weighted by Crippen LogP contribution is 2.15. The van der Waals surface area contributed by atoms with Gasteiger partial charge in [-0.25, -0.2) is 0 Å². The fourth-order valence-electron chi connectivity index (χ4n) is 8.89. The van der Waals surface area contributed by atoms with Gasteiger partial charge in [-0.05, 0) is 141 Å². The van der Waals surface area contributed by atoms with Crippen molar-refractivity contribution in [3.05, 3.63) is 134 Å². The highest BCUT2D eigenvalue weighted by molar-refractivity contribution is 5.71. The molecule has 0 aliphatic heterocycles. The van der Waals surface area contributed by atoms with E-state index in [2.05, 4.69) is 154 Å². The van der Waals surface area contributed by atoms with Crippen LogP contribution in [0.25, 0.3) is 0 Å². The Balaban J connectivity index is 4.26. The molecule has 1 unspecified atom stereocenters. The second kappa shape index (κ2) is 67.1. The van der Waals surface area contributed by atoms with Crippen molar-refractivity contribution in [2.75, 3.05) is 13.2 Å². The molecular weight excluding hydrogens is 985 g/mol. The number of hydrogen-bond donors (Lipinski definition) is 0. The molecule has 1 atom stereocenters. The van der Waals surface area contributed by atoms with E-state index in [4.69, 9.17) is 14.2 Å². The van der Waals surface area contributed by atoms with Crippen LogP contribution in [0.2, 0.25) is 0 Å². The Labute approximate surface area is 494 Å². The third-order valence-corrected chi connectivity index (χ3v) is 13.9. The first-order valence-electron chi connectivity index (χ1n) is 33.2. The van der Waals surface area contributed by atoms with Crippen LogP contribution in [0.5, 0.6) is 0 Å². The van der Waals surface area contributed by atoms with Crippen LogP contribution in [0.15, 0.2) is 134 Å². The number of ether oxygens (including phenoxy) is 3. The third-order valence-electron chi connectivity index (χ3n) is 13.9. The smallest absolute Gasteiger partial charge is 0.306 e. The third kappa shape index (κ3) is 64.4. The number of rotatable bonds is 59. The summed E-state index contributed by atoms with van der Waals surface area (Å²) in [6.45, 7) is 6.48. The van der Waals surface area contributed by atoms with Gasteiger partial charge in [-0.15, -0.1) is 0 Å². The summed E-state index contributed by atoms with van der Waals surface area (Å²) >= 11 is 0. The lowest BCUT2D eigenvalue weighted by atomic mass is 10.1. The van der Waals surface area contributed by atoms with Crippen LogP contribution in [0.1, 0.15) is 297 Å². The quantitative estimate of drug-likeness (QED) is 0.0261. The Bertz CT molecular complexity index is 1700.